The molecular formula is C13H19BrN2S. The minimum absolute atomic E-state index is 0.643. The monoisotopic (exact) mass is 314 g/mol. The van der Waals surface area contributed by atoms with Crippen molar-refractivity contribution in [2.45, 2.75) is 37.1 Å². The van der Waals surface area contributed by atoms with Crippen molar-refractivity contribution in [1.82, 2.24) is 4.72 Å². The Labute approximate surface area is 116 Å². The van der Waals surface area contributed by atoms with Gasteiger partial charge < -0.3 is 5.32 Å². The molecule has 1 aliphatic carbocycles. The first-order valence-corrected chi connectivity index (χ1v) is 7.69. The first-order chi connectivity index (χ1) is 8.19. The van der Waals surface area contributed by atoms with Gasteiger partial charge in [-0.05, 0) is 78.3 Å². The molecule has 2 nitrogen and oxygen atoms in total. The molecule has 2 N–H and O–H groups in total. The molecule has 0 spiro atoms. The molecule has 0 radical (unpaired) electrons. The molecule has 0 aromatic heterocycles. The molecule has 1 aliphatic rings. The standard InChI is InChI=1S/C13H19BrN2S/c1-9-3-4-10(7-9)16-13-6-5-11(17-15-2)8-12(13)14/h5-6,8-10,15-16H,3-4,7H2,1-2H3. The van der Waals surface area contributed by atoms with Crippen LogP contribution in [0.4, 0.5) is 5.69 Å². The molecule has 1 aromatic carbocycles. The van der Waals surface area contributed by atoms with Gasteiger partial charge in [0.15, 0.2) is 0 Å². The fourth-order valence-electron chi connectivity index (χ4n) is 2.35. The summed E-state index contributed by atoms with van der Waals surface area (Å²) in [6, 6.07) is 7.10. The van der Waals surface area contributed by atoms with Crippen molar-refractivity contribution in [3.8, 4) is 0 Å². The van der Waals surface area contributed by atoms with Crippen LogP contribution in [0.25, 0.3) is 0 Å². The summed E-state index contributed by atoms with van der Waals surface area (Å²) in [6.45, 7) is 2.34. The molecule has 0 bridgehead atoms. The lowest BCUT2D eigenvalue weighted by Gasteiger charge is -2.16. The van der Waals surface area contributed by atoms with Crippen LogP contribution in [0.1, 0.15) is 26.2 Å². The van der Waals surface area contributed by atoms with Crippen molar-refractivity contribution < 1.29 is 0 Å². The van der Waals surface area contributed by atoms with Gasteiger partial charge >= 0.3 is 0 Å². The number of anilines is 1. The van der Waals surface area contributed by atoms with E-state index in [1.165, 1.54) is 29.8 Å². The number of rotatable bonds is 4. The molecule has 2 atom stereocenters. The van der Waals surface area contributed by atoms with Gasteiger partial charge in [0.25, 0.3) is 0 Å². The third-order valence-electron chi connectivity index (χ3n) is 3.21. The third-order valence-corrected chi connectivity index (χ3v) is 4.56. The summed E-state index contributed by atoms with van der Waals surface area (Å²) in [7, 11) is 1.94. The topological polar surface area (TPSA) is 24.1 Å². The molecule has 2 rings (SSSR count). The number of benzene rings is 1. The molecule has 0 aliphatic heterocycles. The van der Waals surface area contributed by atoms with Crippen LogP contribution in [-0.4, -0.2) is 13.1 Å². The number of hydrogen-bond donors (Lipinski definition) is 2. The fraction of sp³-hybridized carbons (Fsp3) is 0.538. The second kappa shape index (κ2) is 6.12. The smallest absolute Gasteiger partial charge is 0.0487 e. The van der Waals surface area contributed by atoms with Crippen LogP contribution in [0.2, 0.25) is 0 Å². The summed E-state index contributed by atoms with van der Waals surface area (Å²) in [4.78, 5) is 1.23. The summed E-state index contributed by atoms with van der Waals surface area (Å²) in [6.07, 6.45) is 3.93. The molecule has 1 saturated carbocycles. The summed E-state index contributed by atoms with van der Waals surface area (Å²) in [5.41, 5.74) is 1.21. The molecule has 1 fully saturated rings. The zero-order valence-corrected chi connectivity index (χ0v) is 12.7. The molecular weight excluding hydrogens is 296 g/mol. The van der Waals surface area contributed by atoms with Crippen LogP contribution in [0.3, 0.4) is 0 Å². The van der Waals surface area contributed by atoms with Gasteiger partial charge in [-0.3, -0.25) is 4.72 Å². The minimum atomic E-state index is 0.643. The Balaban J connectivity index is 2.01. The maximum atomic E-state index is 3.64. The average Bonchev–Trinajstić information content (AvgIpc) is 2.69. The average molecular weight is 315 g/mol. The highest BCUT2D eigenvalue weighted by atomic mass is 79.9. The SMILES string of the molecule is CNSc1ccc(NC2CCC(C)C2)c(Br)c1. The van der Waals surface area contributed by atoms with Gasteiger partial charge in [-0.2, -0.15) is 0 Å². The normalized spacial score (nSPS) is 23.9. The molecule has 0 heterocycles. The molecule has 4 heteroatoms. The van der Waals surface area contributed by atoms with Crippen molar-refractivity contribution in [3.63, 3.8) is 0 Å². The van der Waals surface area contributed by atoms with E-state index in [-0.39, 0.29) is 0 Å². The Morgan fingerprint density at radius 3 is 2.76 bits per heavy atom. The molecule has 0 amide bonds. The Morgan fingerprint density at radius 2 is 2.18 bits per heavy atom. The largest absolute Gasteiger partial charge is 0.381 e. The van der Waals surface area contributed by atoms with Crippen molar-refractivity contribution >= 4 is 33.6 Å². The van der Waals surface area contributed by atoms with Crippen LogP contribution in [0.15, 0.2) is 27.6 Å². The predicted molar refractivity (Wildman–Crippen MR) is 79.5 cm³/mol. The van der Waals surface area contributed by atoms with Crippen LogP contribution in [0, 0.1) is 5.92 Å². The summed E-state index contributed by atoms with van der Waals surface area (Å²) in [5, 5.41) is 3.63. The van der Waals surface area contributed by atoms with Crippen molar-refractivity contribution in [1.29, 1.82) is 0 Å². The lowest BCUT2D eigenvalue weighted by Crippen LogP contribution is -2.15. The van der Waals surface area contributed by atoms with Gasteiger partial charge in [0.1, 0.15) is 0 Å². The van der Waals surface area contributed by atoms with Gasteiger partial charge in [-0.1, -0.05) is 6.92 Å². The lowest BCUT2D eigenvalue weighted by atomic mass is 10.1. The van der Waals surface area contributed by atoms with E-state index in [9.17, 15) is 0 Å². The van der Waals surface area contributed by atoms with Gasteiger partial charge in [0.05, 0.1) is 0 Å². The van der Waals surface area contributed by atoms with Crippen LogP contribution < -0.4 is 10.0 Å². The fourth-order valence-corrected chi connectivity index (χ4v) is 3.55. The van der Waals surface area contributed by atoms with Crippen LogP contribution >= 0.6 is 27.9 Å². The van der Waals surface area contributed by atoms with E-state index in [1.54, 1.807) is 11.9 Å². The molecule has 2 unspecified atom stereocenters. The highest BCUT2D eigenvalue weighted by Crippen LogP contribution is 2.32. The zero-order chi connectivity index (χ0) is 12.3. The number of halogens is 1. The zero-order valence-electron chi connectivity index (χ0n) is 10.3. The summed E-state index contributed by atoms with van der Waals surface area (Å²) in [5.74, 6) is 0.866. The molecule has 94 valence electrons. The molecule has 1 aromatic rings. The first kappa shape index (κ1) is 13.2. The highest BCUT2D eigenvalue weighted by Gasteiger charge is 2.21. The Kier molecular flexibility index (Phi) is 4.77. The molecule has 17 heavy (non-hydrogen) atoms. The Bertz CT molecular complexity index is 384. The maximum Gasteiger partial charge on any atom is 0.0487 e. The van der Waals surface area contributed by atoms with E-state index in [4.69, 9.17) is 0 Å². The van der Waals surface area contributed by atoms with Gasteiger partial charge in [-0.25, -0.2) is 0 Å². The summed E-state index contributed by atoms with van der Waals surface area (Å²) >= 11 is 5.27. The van der Waals surface area contributed by atoms with Gasteiger partial charge in [-0.15, -0.1) is 0 Å². The van der Waals surface area contributed by atoms with Crippen molar-refractivity contribution in [2.24, 2.45) is 5.92 Å². The third kappa shape index (κ3) is 3.63. The number of nitrogens with one attached hydrogen (secondary N) is 2. The molecule has 0 saturated heterocycles. The van der Waals surface area contributed by atoms with E-state index in [1.807, 2.05) is 7.05 Å². The van der Waals surface area contributed by atoms with E-state index in [2.05, 4.69) is 51.1 Å². The Morgan fingerprint density at radius 1 is 1.35 bits per heavy atom. The summed E-state index contributed by atoms with van der Waals surface area (Å²) < 4.78 is 4.24. The number of hydrogen-bond acceptors (Lipinski definition) is 3. The Hall–Kier alpha value is -0.190. The predicted octanol–water partition coefficient (Wildman–Crippen LogP) is 4.28. The highest BCUT2D eigenvalue weighted by molar-refractivity contribution is 9.10. The second-order valence-electron chi connectivity index (χ2n) is 4.71. The van der Waals surface area contributed by atoms with Crippen molar-refractivity contribution in [3.05, 3.63) is 22.7 Å². The van der Waals surface area contributed by atoms with E-state index in [0.717, 1.165) is 10.4 Å². The second-order valence-corrected chi connectivity index (χ2v) is 6.65. The van der Waals surface area contributed by atoms with Crippen molar-refractivity contribution in [2.75, 3.05) is 12.4 Å². The lowest BCUT2D eigenvalue weighted by molar-refractivity contribution is 0.602. The first-order valence-electron chi connectivity index (χ1n) is 6.08. The van der Waals surface area contributed by atoms with E-state index in [0.29, 0.717) is 6.04 Å². The maximum absolute atomic E-state index is 3.64. The van der Waals surface area contributed by atoms with Crippen LogP contribution in [-0.2, 0) is 0 Å². The van der Waals surface area contributed by atoms with E-state index < -0.39 is 0 Å². The van der Waals surface area contributed by atoms with Gasteiger partial charge in [0.2, 0.25) is 0 Å². The van der Waals surface area contributed by atoms with Crippen LogP contribution in [0.5, 0.6) is 0 Å². The minimum Gasteiger partial charge on any atom is -0.381 e. The quantitative estimate of drug-likeness (QED) is 0.811. The van der Waals surface area contributed by atoms with E-state index >= 15 is 0 Å². The van der Waals surface area contributed by atoms with Gasteiger partial charge in [0, 0.05) is 21.1 Å².